The summed E-state index contributed by atoms with van der Waals surface area (Å²) >= 11 is 0. The van der Waals surface area contributed by atoms with Crippen LogP contribution in [0.1, 0.15) is 57.1 Å². The van der Waals surface area contributed by atoms with E-state index in [9.17, 15) is 17.6 Å². The predicted molar refractivity (Wildman–Crippen MR) is 118 cm³/mol. The van der Waals surface area contributed by atoms with Gasteiger partial charge in [0.15, 0.2) is 5.82 Å². The van der Waals surface area contributed by atoms with Crippen LogP contribution >= 0.6 is 0 Å². The Labute approximate surface area is 194 Å². The highest BCUT2D eigenvalue weighted by Gasteiger charge is 2.44. The SMILES string of the molecule is C[C@@H]1C[C@H](NS(C)(=O)=O)C2COC3CCC(CC3)c3ccc(F)c(n3)OCCCOC(=O)N21. The standard InChI is InChI=1S/C22H32FN3O6S/c1-14-12-19(25-33(2,28)29)20-13-32-16-6-4-15(5-7-16)18-9-8-17(23)21(24-18)30-10-3-11-31-22(27)26(14)20/h8-9,14-16,19-20,25H,3-7,10-13H2,1-2H3/t14-,15?,16?,19+,20?/m1/s1. The predicted octanol–water partition coefficient (Wildman–Crippen LogP) is 2.56. The highest BCUT2D eigenvalue weighted by Crippen LogP contribution is 2.35. The van der Waals surface area contributed by atoms with Gasteiger partial charge in [0, 0.05) is 30.1 Å². The van der Waals surface area contributed by atoms with Crippen molar-refractivity contribution in [1.29, 1.82) is 0 Å². The number of pyridine rings is 1. The molecule has 1 N–H and O–H groups in total. The molecule has 2 fully saturated rings. The maximum Gasteiger partial charge on any atom is 0.410 e. The fraction of sp³-hybridized carbons (Fsp3) is 0.727. The summed E-state index contributed by atoms with van der Waals surface area (Å²) < 4.78 is 57.8. The molecule has 1 unspecified atom stereocenters. The summed E-state index contributed by atoms with van der Waals surface area (Å²) in [6.45, 7) is 2.35. The molecular weight excluding hydrogens is 453 g/mol. The average Bonchev–Trinajstić information content (AvgIpc) is 3.06. The van der Waals surface area contributed by atoms with Crippen molar-refractivity contribution in [1.82, 2.24) is 14.6 Å². The van der Waals surface area contributed by atoms with Crippen LogP contribution in [0.5, 0.6) is 5.88 Å². The van der Waals surface area contributed by atoms with E-state index in [1.165, 1.54) is 6.07 Å². The van der Waals surface area contributed by atoms with Crippen molar-refractivity contribution in [3.8, 4) is 5.88 Å². The molecule has 1 aliphatic carbocycles. The second-order valence-corrected chi connectivity index (χ2v) is 11.0. The Balaban J connectivity index is 1.53. The molecule has 5 rings (SSSR count). The molecule has 0 spiro atoms. The van der Waals surface area contributed by atoms with E-state index in [-0.39, 0.29) is 43.8 Å². The molecule has 4 aliphatic rings. The molecule has 33 heavy (non-hydrogen) atoms. The van der Waals surface area contributed by atoms with Crippen LogP contribution in [-0.4, -0.2) is 74.7 Å². The molecule has 3 aliphatic heterocycles. The first-order chi connectivity index (χ1) is 15.7. The Morgan fingerprint density at radius 3 is 2.61 bits per heavy atom. The van der Waals surface area contributed by atoms with Crippen molar-refractivity contribution < 1.29 is 31.8 Å². The number of aromatic nitrogens is 1. The van der Waals surface area contributed by atoms with E-state index in [0.717, 1.165) is 37.6 Å². The summed E-state index contributed by atoms with van der Waals surface area (Å²) in [6, 6.07) is 1.98. The van der Waals surface area contributed by atoms with Crippen LogP contribution in [-0.2, 0) is 19.5 Å². The summed E-state index contributed by atoms with van der Waals surface area (Å²) in [5.41, 5.74) is 0.814. The third-order valence-electron chi connectivity index (χ3n) is 6.65. The molecule has 1 saturated heterocycles. The van der Waals surface area contributed by atoms with E-state index in [1.807, 2.05) is 6.92 Å². The third-order valence-corrected chi connectivity index (χ3v) is 7.38. The fourth-order valence-electron chi connectivity index (χ4n) is 5.06. The Hall–Kier alpha value is -1.98. The molecule has 11 heteroatoms. The number of amides is 1. The van der Waals surface area contributed by atoms with Gasteiger partial charge in [-0.2, -0.15) is 0 Å². The van der Waals surface area contributed by atoms with Crippen molar-refractivity contribution in [2.75, 3.05) is 26.1 Å². The van der Waals surface area contributed by atoms with Gasteiger partial charge >= 0.3 is 6.09 Å². The van der Waals surface area contributed by atoms with E-state index < -0.39 is 34.0 Å². The van der Waals surface area contributed by atoms with E-state index in [2.05, 4.69) is 9.71 Å². The molecule has 0 aromatic carbocycles. The number of hydrogen-bond acceptors (Lipinski definition) is 7. The zero-order chi connectivity index (χ0) is 23.6. The van der Waals surface area contributed by atoms with Crippen molar-refractivity contribution >= 4 is 16.1 Å². The molecule has 184 valence electrons. The lowest BCUT2D eigenvalue weighted by molar-refractivity contribution is -0.0107. The number of carbonyl (C=O) groups is 1. The second kappa shape index (κ2) is 10.1. The summed E-state index contributed by atoms with van der Waals surface area (Å²) in [5.74, 6) is -0.329. The number of sulfonamides is 1. The number of nitrogens with one attached hydrogen (secondary N) is 1. The quantitative estimate of drug-likeness (QED) is 0.686. The number of carbonyl (C=O) groups excluding carboxylic acids is 1. The van der Waals surface area contributed by atoms with Crippen LogP contribution in [0.2, 0.25) is 0 Å². The van der Waals surface area contributed by atoms with Gasteiger partial charge in [0.25, 0.3) is 5.88 Å². The van der Waals surface area contributed by atoms with Crippen molar-refractivity contribution in [2.45, 2.75) is 75.6 Å². The van der Waals surface area contributed by atoms with Gasteiger partial charge in [-0.05, 0) is 51.2 Å². The number of rotatable bonds is 2. The van der Waals surface area contributed by atoms with Gasteiger partial charge in [0.1, 0.15) is 0 Å². The minimum atomic E-state index is -3.45. The summed E-state index contributed by atoms with van der Waals surface area (Å²) in [6.07, 6.45) is 4.75. The minimum Gasteiger partial charge on any atom is -0.475 e. The van der Waals surface area contributed by atoms with Crippen LogP contribution in [0.4, 0.5) is 9.18 Å². The van der Waals surface area contributed by atoms with Crippen LogP contribution < -0.4 is 9.46 Å². The molecule has 3 atom stereocenters. The molecule has 4 heterocycles. The minimum absolute atomic E-state index is 0.000706. The van der Waals surface area contributed by atoms with Gasteiger partial charge in [-0.1, -0.05) is 0 Å². The number of nitrogens with zero attached hydrogens (tertiary/aromatic N) is 2. The number of ether oxygens (including phenoxy) is 3. The van der Waals surface area contributed by atoms with Crippen LogP contribution in [0, 0.1) is 5.82 Å². The lowest BCUT2D eigenvalue weighted by Crippen LogP contribution is -2.50. The van der Waals surface area contributed by atoms with Crippen LogP contribution in [0.3, 0.4) is 0 Å². The Morgan fingerprint density at radius 1 is 1.15 bits per heavy atom. The number of halogens is 1. The molecule has 1 saturated carbocycles. The Kier molecular flexibility index (Phi) is 7.40. The molecule has 4 bridgehead atoms. The first kappa shape index (κ1) is 24.2. The molecule has 0 radical (unpaired) electrons. The maximum atomic E-state index is 14.1. The smallest absolute Gasteiger partial charge is 0.410 e. The summed E-state index contributed by atoms with van der Waals surface area (Å²) in [7, 11) is -3.45. The lowest BCUT2D eigenvalue weighted by Gasteiger charge is -2.33. The van der Waals surface area contributed by atoms with Gasteiger partial charge in [0.05, 0.1) is 38.2 Å². The van der Waals surface area contributed by atoms with Gasteiger partial charge in [-0.25, -0.2) is 27.3 Å². The zero-order valence-corrected chi connectivity index (χ0v) is 19.9. The highest BCUT2D eigenvalue weighted by molar-refractivity contribution is 7.88. The molecule has 9 nitrogen and oxygen atoms in total. The van der Waals surface area contributed by atoms with E-state index in [1.54, 1.807) is 11.0 Å². The average molecular weight is 486 g/mol. The topological polar surface area (TPSA) is 107 Å². The lowest BCUT2D eigenvalue weighted by atomic mass is 9.85. The largest absolute Gasteiger partial charge is 0.475 e. The number of hydrogen-bond donors (Lipinski definition) is 1. The molecular formula is C22H32FN3O6S. The first-order valence-corrected chi connectivity index (χ1v) is 13.4. The maximum absolute atomic E-state index is 14.1. The van der Waals surface area contributed by atoms with Crippen LogP contribution in [0.25, 0.3) is 0 Å². The fourth-order valence-corrected chi connectivity index (χ4v) is 5.86. The van der Waals surface area contributed by atoms with Crippen LogP contribution in [0.15, 0.2) is 12.1 Å². The van der Waals surface area contributed by atoms with Gasteiger partial charge in [-0.15, -0.1) is 0 Å². The Bertz CT molecular complexity index is 953. The molecule has 1 aromatic heterocycles. The van der Waals surface area contributed by atoms with Crippen molar-refractivity contribution in [3.05, 3.63) is 23.6 Å². The van der Waals surface area contributed by atoms with E-state index in [0.29, 0.717) is 12.8 Å². The Morgan fingerprint density at radius 2 is 1.88 bits per heavy atom. The van der Waals surface area contributed by atoms with Crippen molar-refractivity contribution in [2.24, 2.45) is 0 Å². The van der Waals surface area contributed by atoms with Gasteiger partial charge < -0.3 is 14.2 Å². The molecule has 1 amide bonds. The first-order valence-electron chi connectivity index (χ1n) is 11.5. The number of fused-ring (bicyclic) bond motifs is 8. The molecule has 1 aromatic rings. The van der Waals surface area contributed by atoms with Gasteiger partial charge in [-0.3, -0.25) is 4.90 Å². The second-order valence-electron chi connectivity index (χ2n) is 9.20. The summed E-state index contributed by atoms with van der Waals surface area (Å²) in [5, 5.41) is 0. The monoisotopic (exact) mass is 485 g/mol. The van der Waals surface area contributed by atoms with E-state index >= 15 is 0 Å². The highest BCUT2D eigenvalue weighted by atomic mass is 32.2. The van der Waals surface area contributed by atoms with E-state index in [4.69, 9.17) is 14.2 Å². The summed E-state index contributed by atoms with van der Waals surface area (Å²) in [4.78, 5) is 18.9. The zero-order valence-electron chi connectivity index (χ0n) is 19.0. The normalized spacial score (nSPS) is 31.4. The van der Waals surface area contributed by atoms with Gasteiger partial charge in [0.2, 0.25) is 10.0 Å². The third kappa shape index (κ3) is 5.93. The van der Waals surface area contributed by atoms with Crippen molar-refractivity contribution in [3.63, 3.8) is 0 Å².